The molecule has 0 bridgehead atoms. The van der Waals surface area contributed by atoms with E-state index in [2.05, 4.69) is 0 Å². The minimum absolute atomic E-state index is 0.0769. The summed E-state index contributed by atoms with van der Waals surface area (Å²) in [7, 11) is 0. The summed E-state index contributed by atoms with van der Waals surface area (Å²) in [6.07, 6.45) is 5.92. The molecule has 4 rings (SSSR count). The number of halogens is 1. The van der Waals surface area contributed by atoms with Gasteiger partial charge in [0.25, 0.3) is 0 Å². The van der Waals surface area contributed by atoms with E-state index in [1.807, 2.05) is 20.8 Å². The van der Waals surface area contributed by atoms with Crippen molar-refractivity contribution >= 4 is 17.5 Å². The molecule has 3 saturated carbocycles. The number of Topliss-reactive ketones (excluding diaryl/α,β-unsaturated/α-hetero) is 1. The zero-order valence-electron chi connectivity index (χ0n) is 20.6. The van der Waals surface area contributed by atoms with Gasteiger partial charge in [0.05, 0.1) is 6.10 Å². The second kappa shape index (κ2) is 8.37. The third-order valence-electron chi connectivity index (χ3n) is 9.75. The fourth-order valence-corrected chi connectivity index (χ4v) is 8.07. The Balaban J connectivity index is 1.80. The van der Waals surface area contributed by atoms with Gasteiger partial charge in [-0.1, -0.05) is 38.8 Å². The van der Waals surface area contributed by atoms with E-state index in [4.69, 9.17) is 4.74 Å². The molecule has 0 aliphatic heterocycles. The molecule has 2 unspecified atom stereocenters. The quantitative estimate of drug-likeness (QED) is 0.568. The first-order chi connectivity index (χ1) is 15.9. The fraction of sp³-hybridized carbons (Fsp3) is 0.741. The zero-order valence-corrected chi connectivity index (χ0v) is 20.6. The van der Waals surface area contributed by atoms with Crippen LogP contribution >= 0.6 is 0 Å². The van der Waals surface area contributed by atoms with Crippen LogP contribution in [0, 0.1) is 28.6 Å². The number of hydrogen-bond acceptors (Lipinski definition) is 6. The highest BCUT2D eigenvalue weighted by atomic mass is 19.1. The van der Waals surface area contributed by atoms with Crippen molar-refractivity contribution in [3.8, 4) is 0 Å². The highest BCUT2D eigenvalue weighted by molar-refractivity contribution is 6.01. The van der Waals surface area contributed by atoms with E-state index in [1.165, 1.54) is 12.2 Å². The van der Waals surface area contributed by atoms with Crippen molar-refractivity contribution in [1.29, 1.82) is 0 Å². The number of aliphatic hydroxyl groups excluding tert-OH is 2. The van der Waals surface area contributed by atoms with Gasteiger partial charge in [0.15, 0.2) is 17.1 Å². The molecule has 4 aliphatic rings. The summed E-state index contributed by atoms with van der Waals surface area (Å²) >= 11 is 0. The molecule has 0 heterocycles. The first kappa shape index (κ1) is 25.2. The van der Waals surface area contributed by atoms with E-state index in [9.17, 15) is 24.6 Å². The van der Waals surface area contributed by atoms with Crippen LogP contribution in [0.15, 0.2) is 23.8 Å². The van der Waals surface area contributed by atoms with Gasteiger partial charge < -0.3 is 14.9 Å². The summed E-state index contributed by atoms with van der Waals surface area (Å²) in [6, 6.07) is 0. The number of hydrogen-bond donors (Lipinski definition) is 2. The Morgan fingerprint density at radius 1 is 1.26 bits per heavy atom. The maximum Gasteiger partial charge on any atom is 0.306 e. The number of fused-ring (bicyclic) bond motifs is 5. The number of alkyl halides is 1. The van der Waals surface area contributed by atoms with Crippen LogP contribution in [0.4, 0.5) is 4.39 Å². The maximum absolute atomic E-state index is 17.3. The molecule has 188 valence electrons. The number of esters is 1. The van der Waals surface area contributed by atoms with Gasteiger partial charge in [-0.3, -0.25) is 14.4 Å². The highest BCUT2D eigenvalue weighted by Gasteiger charge is 2.77. The van der Waals surface area contributed by atoms with E-state index >= 15 is 4.39 Å². The standard InChI is InChI=1S/C27H37FO6/c1-5-6-7-23(33)34-27(22(32)15-29)16(2)12-20-19-9-8-17-13-18(30)10-11-24(17,3)26(19,28)21(31)14-25(20,27)4/h10-11,13,16,19-21,29,31H,5-9,12,14-15H2,1-4H3/t16?,19-,20-,21?,24-,25-,26-,27+/m0/s1. The Hall–Kier alpha value is -1.86. The second-order valence-electron chi connectivity index (χ2n) is 11.3. The molecule has 7 heteroatoms. The van der Waals surface area contributed by atoms with Crippen molar-refractivity contribution in [2.75, 3.05) is 6.61 Å². The van der Waals surface area contributed by atoms with Crippen LogP contribution in [0.2, 0.25) is 0 Å². The average Bonchev–Trinajstić information content (AvgIpc) is 3.00. The van der Waals surface area contributed by atoms with Crippen LogP contribution in [-0.2, 0) is 19.1 Å². The molecule has 0 aromatic rings. The van der Waals surface area contributed by atoms with Crippen LogP contribution in [-0.4, -0.2) is 51.7 Å². The molecule has 2 N–H and O–H groups in total. The maximum atomic E-state index is 17.3. The molecular formula is C27H37FO6. The molecule has 0 aromatic heterocycles. The van der Waals surface area contributed by atoms with Gasteiger partial charge in [-0.05, 0) is 57.1 Å². The highest BCUT2D eigenvalue weighted by Crippen LogP contribution is 2.71. The minimum Gasteiger partial charge on any atom is -0.450 e. The van der Waals surface area contributed by atoms with E-state index in [0.29, 0.717) is 31.3 Å². The molecule has 0 saturated heterocycles. The Morgan fingerprint density at radius 2 is 1.97 bits per heavy atom. The molecule has 3 fully saturated rings. The predicted molar refractivity (Wildman–Crippen MR) is 123 cm³/mol. The molecule has 0 aromatic carbocycles. The van der Waals surface area contributed by atoms with E-state index in [-0.39, 0.29) is 24.5 Å². The van der Waals surface area contributed by atoms with Gasteiger partial charge in [-0.2, -0.15) is 0 Å². The first-order valence-electron chi connectivity index (χ1n) is 12.6. The SMILES string of the molecule is CCCCC(=O)O[C@@]1(C(=O)CO)C(C)C[C@H]2[C@@H]3CCC4=CC(=O)C=C[C@]4(C)[C@@]3(F)C(O)C[C@@]21C. The van der Waals surface area contributed by atoms with Crippen LogP contribution in [0.3, 0.4) is 0 Å². The number of carbonyl (C=O) groups excluding carboxylic acids is 3. The van der Waals surface area contributed by atoms with Gasteiger partial charge in [0.2, 0.25) is 5.78 Å². The summed E-state index contributed by atoms with van der Waals surface area (Å²) in [5.74, 6) is -2.62. The number of rotatable bonds is 6. The Labute approximate surface area is 200 Å². The molecule has 0 radical (unpaired) electrons. The van der Waals surface area contributed by atoms with Gasteiger partial charge in [0, 0.05) is 29.1 Å². The third-order valence-corrected chi connectivity index (χ3v) is 9.75. The van der Waals surface area contributed by atoms with E-state index in [1.54, 1.807) is 13.0 Å². The number of unbranched alkanes of at least 4 members (excludes halogenated alkanes) is 1. The van der Waals surface area contributed by atoms with Crippen LogP contribution < -0.4 is 0 Å². The number of ether oxygens (including phenoxy) is 1. The molecule has 0 spiro atoms. The Kier molecular flexibility index (Phi) is 6.21. The molecule has 34 heavy (non-hydrogen) atoms. The molecule has 6 nitrogen and oxygen atoms in total. The largest absolute Gasteiger partial charge is 0.450 e. The fourth-order valence-electron chi connectivity index (χ4n) is 8.07. The number of carbonyl (C=O) groups is 3. The lowest BCUT2D eigenvalue weighted by Gasteiger charge is -2.62. The van der Waals surface area contributed by atoms with E-state index < -0.39 is 58.4 Å². The number of ketones is 2. The van der Waals surface area contributed by atoms with Crippen molar-refractivity contribution in [2.24, 2.45) is 28.6 Å². The van der Waals surface area contributed by atoms with Crippen molar-refractivity contribution in [3.05, 3.63) is 23.8 Å². The number of allylic oxidation sites excluding steroid dienone is 4. The van der Waals surface area contributed by atoms with Gasteiger partial charge in [-0.25, -0.2) is 4.39 Å². The lowest BCUT2D eigenvalue weighted by Crippen LogP contribution is -2.70. The zero-order chi connectivity index (χ0) is 25.1. The third kappa shape index (κ3) is 3.08. The second-order valence-corrected chi connectivity index (χ2v) is 11.3. The van der Waals surface area contributed by atoms with E-state index in [0.717, 1.165) is 6.42 Å². The summed E-state index contributed by atoms with van der Waals surface area (Å²) in [4.78, 5) is 38.1. The lowest BCUT2D eigenvalue weighted by atomic mass is 9.44. The van der Waals surface area contributed by atoms with Crippen LogP contribution in [0.1, 0.15) is 72.6 Å². The number of aliphatic hydroxyl groups is 2. The van der Waals surface area contributed by atoms with Crippen LogP contribution in [0.5, 0.6) is 0 Å². The molecule has 0 amide bonds. The first-order valence-corrected chi connectivity index (χ1v) is 12.6. The Morgan fingerprint density at radius 3 is 2.62 bits per heavy atom. The summed E-state index contributed by atoms with van der Waals surface area (Å²) in [5.41, 5.74) is -5.11. The lowest BCUT2D eigenvalue weighted by molar-refractivity contribution is -0.228. The van der Waals surface area contributed by atoms with Crippen molar-refractivity contribution < 1.29 is 33.7 Å². The smallest absolute Gasteiger partial charge is 0.306 e. The van der Waals surface area contributed by atoms with Crippen molar-refractivity contribution in [3.63, 3.8) is 0 Å². The van der Waals surface area contributed by atoms with Crippen molar-refractivity contribution in [2.45, 2.75) is 90.0 Å². The summed E-state index contributed by atoms with van der Waals surface area (Å²) < 4.78 is 23.3. The van der Waals surface area contributed by atoms with Gasteiger partial charge >= 0.3 is 5.97 Å². The van der Waals surface area contributed by atoms with Crippen molar-refractivity contribution in [1.82, 2.24) is 0 Å². The van der Waals surface area contributed by atoms with Gasteiger partial charge in [0.1, 0.15) is 6.61 Å². The summed E-state index contributed by atoms with van der Waals surface area (Å²) in [5, 5.41) is 21.4. The molecule has 8 atom stereocenters. The average molecular weight is 477 g/mol. The Bertz CT molecular complexity index is 957. The van der Waals surface area contributed by atoms with Gasteiger partial charge in [-0.15, -0.1) is 0 Å². The minimum atomic E-state index is -2.03. The monoisotopic (exact) mass is 476 g/mol. The molecular weight excluding hydrogens is 439 g/mol. The summed E-state index contributed by atoms with van der Waals surface area (Å²) in [6.45, 7) is 6.55. The predicted octanol–water partition coefficient (Wildman–Crippen LogP) is 3.64. The normalized spacial score (nSPS) is 45.1. The van der Waals surface area contributed by atoms with Crippen LogP contribution in [0.25, 0.3) is 0 Å². The topological polar surface area (TPSA) is 101 Å². The molecule has 4 aliphatic carbocycles.